The number of benzene rings is 1. The van der Waals surface area contributed by atoms with E-state index in [2.05, 4.69) is 57.5 Å². The molecule has 1 aromatic rings. The summed E-state index contributed by atoms with van der Waals surface area (Å²) in [5.41, 5.74) is 0.590. The van der Waals surface area contributed by atoms with Crippen molar-refractivity contribution in [2.45, 2.75) is 64.5 Å². The first kappa shape index (κ1) is 24.6. The van der Waals surface area contributed by atoms with Crippen LogP contribution in [-0.2, 0) is 16.0 Å². The monoisotopic (exact) mass is 520 g/mol. The summed E-state index contributed by atoms with van der Waals surface area (Å²) in [5, 5.41) is 14.9. The third-order valence-electron chi connectivity index (χ3n) is 3.78. The second-order valence-electron chi connectivity index (χ2n) is 7.51. The quantitative estimate of drug-likeness (QED) is 0.243. The van der Waals surface area contributed by atoms with Gasteiger partial charge < -0.3 is 20.5 Å². The van der Waals surface area contributed by atoms with Crippen LogP contribution in [0.2, 0.25) is 0 Å². The Kier molecular flexibility index (Phi) is 10.7. The van der Waals surface area contributed by atoms with Crippen LogP contribution in [0, 0.1) is 3.57 Å². The second-order valence-corrected chi connectivity index (χ2v) is 9.25. The zero-order valence-corrected chi connectivity index (χ0v) is 19.6. The average Bonchev–Trinajstić information content (AvgIpc) is 2.58. The Morgan fingerprint density at radius 2 is 1.86 bits per heavy atom. The number of ether oxygens (including phenoxy) is 1. The molecule has 0 aliphatic carbocycles. The number of carboxylic acid groups (broad SMARTS) is 1. The normalized spacial score (nSPS) is 12.1. The second kappa shape index (κ2) is 12.2. The average molecular weight is 520 g/mol. The van der Waals surface area contributed by atoms with Gasteiger partial charge in [-0.05, 0) is 86.7 Å². The number of halogens is 1. The van der Waals surface area contributed by atoms with Crippen LogP contribution in [0.5, 0.6) is 0 Å². The van der Waals surface area contributed by atoms with Gasteiger partial charge in [0.1, 0.15) is 11.6 Å². The minimum atomic E-state index is -1.06. The fraction of sp³-hybridized carbons (Fsp3) is 0.550. The van der Waals surface area contributed by atoms with Crippen LogP contribution in [0.4, 0.5) is 4.79 Å². The Morgan fingerprint density at radius 3 is 2.43 bits per heavy atom. The van der Waals surface area contributed by atoms with E-state index in [4.69, 9.17) is 17.0 Å². The molecule has 0 aliphatic rings. The molecule has 0 fully saturated rings. The highest BCUT2D eigenvalue weighted by Crippen LogP contribution is 2.10. The lowest BCUT2D eigenvalue weighted by molar-refractivity contribution is -0.139. The molecule has 6 nitrogen and oxygen atoms in total. The first-order valence-electron chi connectivity index (χ1n) is 9.30. The number of hydrogen-bond acceptors (Lipinski definition) is 4. The van der Waals surface area contributed by atoms with E-state index in [9.17, 15) is 14.7 Å². The summed E-state index contributed by atoms with van der Waals surface area (Å²) in [6, 6.07) is 7.41. The third-order valence-corrected chi connectivity index (χ3v) is 4.85. The van der Waals surface area contributed by atoms with Crippen LogP contribution in [-0.4, -0.2) is 40.3 Å². The molecule has 0 heterocycles. The van der Waals surface area contributed by atoms with Gasteiger partial charge in [0, 0.05) is 16.5 Å². The van der Waals surface area contributed by atoms with E-state index in [-0.39, 0.29) is 0 Å². The van der Waals surface area contributed by atoms with Gasteiger partial charge in [-0.3, -0.25) is 0 Å². The molecule has 0 saturated heterocycles. The van der Waals surface area contributed by atoms with Crippen molar-refractivity contribution in [2.24, 2.45) is 0 Å². The molecule has 1 atom stereocenters. The van der Waals surface area contributed by atoms with E-state index in [1.807, 2.05) is 0 Å². The molecule has 0 saturated carbocycles. The molecule has 0 radical (unpaired) electrons. The molecule has 156 valence electrons. The topological polar surface area (TPSA) is 87.7 Å². The summed E-state index contributed by atoms with van der Waals surface area (Å²) in [6.45, 7) is 5.88. The first-order chi connectivity index (χ1) is 13.1. The molecule has 0 aromatic heterocycles. The lowest BCUT2D eigenvalue weighted by atomic mass is 10.1. The summed E-state index contributed by atoms with van der Waals surface area (Å²) in [4.78, 5) is 23.8. The number of carboxylic acids is 1. The number of aliphatic carboxylic acids is 1. The smallest absolute Gasteiger partial charge is 0.408 e. The van der Waals surface area contributed by atoms with Crippen molar-refractivity contribution >= 4 is 51.9 Å². The molecule has 0 unspecified atom stereocenters. The Balaban J connectivity index is 2.22. The molecule has 0 aliphatic heterocycles. The fourth-order valence-electron chi connectivity index (χ4n) is 2.41. The summed E-state index contributed by atoms with van der Waals surface area (Å²) in [7, 11) is 0. The zero-order valence-electron chi connectivity index (χ0n) is 16.6. The highest BCUT2D eigenvalue weighted by atomic mass is 127. The Hall–Kier alpha value is -1.42. The molecule has 1 aromatic carbocycles. The minimum Gasteiger partial charge on any atom is -0.480 e. The van der Waals surface area contributed by atoms with Crippen molar-refractivity contribution in [1.29, 1.82) is 0 Å². The van der Waals surface area contributed by atoms with Gasteiger partial charge in [0.05, 0.1) is 4.99 Å². The van der Waals surface area contributed by atoms with Gasteiger partial charge in [-0.15, -0.1) is 0 Å². The van der Waals surface area contributed by atoms with Crippen molar-refractivity contribution in [3.8, 4) is 0 Å². The standard InChI is InChI=1S/C20H29IN2O4S/c1-20(2,3)27-19(26)23-16(18(24)25)6-4-5-13-22-17(28)12-9-14-7-10-15(21)11-8-14/h7-8,10-11,16H,4-6,9,12-13H2,1-3H3,(H,22,28)(H,23,26)(H,24,25)/t16-/m0/s1. The maximum absolute atomic E-state index is 11.7. The molecule has 1 rings (SSSR count). The van der Waals surface area contributed by atoms with Crippen LogP contribution < -0.4 is 10.6 Å². The number of thiocarbonyl (C=S) groups is 1. The third kappa shape index (κ3) is 11.4. The van der Waals surface area contributed by atoms with Crippen molar-refractivity contribution in [3.63, 3.8) is 0 Å². The summed E-state index contributed by atoms with van der Waals surface area (Å²) < 4.78 is 6.31. The number of carbonyl (C=O) groups excluding carboxylic acids is 1. The molecule has 1 amide bonds. The predicted octanol–water partition coefficient (Wildman–Crippen LogP) is 4.29. The minimum absolute atomic E-state index is 0.339. The molecule has 8 heteroatoms. The molecular formula is C20H29IN2O4S. The van der Waals surface area contributed by atoms with Crippen LogP contribution in [0.15, 0.2) is 24.3 Å². The maximum atomic E-state index is 11.7. The highest BCUT2D eigenvalue weighted by molar-refractivity contribution is 14.1. The van der Waals surface area contributed by atoms with Gasteiger partial charge >= 0.3 is 12.1 Å². The van der Waals surface area contributed by atoms with E-state index < -0.39 is 23.7 Å². The highest BCUT2D eigenvalue weighted by Gasteiger charge is 2.23. The number of rotatable bonds is 10. The van der Waals surface area contributed by atoms with Crippen molar-refractivity contribution in [1.82, 2.24) is 10.6 Å². The van der Waals surface area contributed by atoms with Gasteiger partial charge in [-0.1, -0.05) is 24.4 Å². The van der Waals surface area contributed by atoms with Crippen LogP contribution in [0.25, 0.3) is 0 Å². The van der Waals surface area contributed by atoms with Crippen LogP contribution >= 0.6 is 34.8 Å². The number of aryl methyl sites for hydroxylation is 1. The van der Waals surface area contributed by atoms with Gasteiger partial charge in [-0.2, -0.15) is 0 Å². The molecule has 0 spiro atoms. The number of carbonyl (C=O) groups is 2. The number of nitrogens with one attached hydrogen (secondary N) is 2. The Morgan fingerprint density at radius 1 is 1.21 bits per heavy atom. The number of amides is 1. The van der Waals surface area contributed by atoms with E-state index in [0.29, 0.717) is 19.4 Å². The van der Waals surface area contributed by atoms with Crippen LogP contribution in [0.1, 0.15) is 52.0 Å². The lowest BCUT2D eigenvalue weighted by Crippen LogP contribution is -2.43. The molecule has 3 N–H and O–H groups in total. The number of hydrogen-bond donors (Lipinski definition) is 3. The van der Waals surface area contributed by atoms with Gasteiger partial charge in [-0.25, -0.2) is 9.59 Å². The van der Waals surface area contributed by atoms with E-state index in [1.54, 1.807) is 20.8 Å². The van der Waals surface area contributed by atoms with Crippen molar-refractivity contribution in [3.05, 3.63) is 33.4 Å². The zero-order chi connectivity index (χ0) is 21.2. The van der Waals surface area contributed by atoms with Crippen molar-refractivity contribution < 1.29 is 19.4 Å². The maximum Gasteiger partial charge on any atom is 0.408 e. The van der Waals surface area contributed by atoms with E-state index >= 15 is 0 Å². The van der Waals surface area contributed by atoms with E-state index in [1.165, 1.54) is 9.13 Å². The summed E-state index contributed by atoms with van der Waals surface area (Å²) in [5.74, 6) is -1.06. The Labute approximate surface area is 185 Å². The summed E-state index contributed by atoms with van der Waals surface area (Å²) in [6.07, 6.45) is 2.72. The van der Waals surface area contributed by atoms with Gasteiger partial charge in [0.2, 0.25) is 0 Å². The largest absolute Gasteiger partial charge is 0.480 e. The predicted molar refractivity (Wildman–Crippen MR) is 123 cm³/mol. The Bertz CT molecular complexity index is 659. The van der Waals surface area contributed by atoms with Crippen molar-refractivity contribution in [2.75, 3.05) is 6.54 Å². The molecule has 28 heavy (non-hydrogen) atoms. The van der Waals surface area contributed by atoms with Gasteiger partial charge in [0.25, 0.3) is 0 Å². The van der Waals surface area contributed by atoms with Gasteiger partial charge in [0.15, 0.2) is 0 Å². The first-order valence-corrected chi connectivity index (χ1v) is 10.8. The molecule has 0 bridgehead atoms. The fourth-order valence-corrected chi connectivity index (χ4v) is 2.97. The lowest BCUT2D eigenvalue weighted by Gasteiger charge is -2.22. The molecular weight excluding hydrogens is 491 g/mol. The van der Waals surface area contributed by atoms with E-state index in [0.717, 1.165) is 24.3 Å². The van der Waals surface area contributed by atoms with Crippen LogP contribution in [0.3, 0.4) is 0 Å². The number of alkyl carbamates (subject to hydrolysis) is 1. The summed E-state index contributed by atoms with van der Waals surface area (Å²) >= 11 is 7.63. The SMILES string of the molecule is CC(C)(C)OC(=O)N[C@@H](CCCCNC(=S)CCc1ccc(I)cc1)C(=O)O. The number of unbranched alkanes of at least 4 members (excludes halogenated alkanes) is 1.